The molecule has 0 saturated carbocycles. The average Bonchev–Trinajstić information content (AvgIpc) is 3.04. The van der Waals surface area contributed by atoms with Crippen molar-refractivity contribution < 1.29 is 5.11 Å². The molecule has 23 heavy (non-hydrogen) atoms. The molecule has 2 aromatic rings. The number of hydrogen-bond acceptors (Lipinski definition) is 4. The maximum atomic E-state index is 10.2. The molecule has 0 radical (unpaired) electrons. The Hall–Kier alpha value is -1.56. The number of rotatable bonds is 6. The minimum atomic E-state index is -0.386. The van der Waals surface area contributed by atoms with Gasteiger partial charge in [-0.2, -0.15) is 5.10 Å². The standard InChI is InChI=1S/C17H23ClN4O/c18-16-4-1-2-5-17(16)20-14-6-10-21(11-7-14)12-15(23)13-22-9-3-8-19-22/h1-5,8-9,14-15,20,23H,6-7,10-13H2/t15-/m1/s1. The van der Waals surface area contributed by atoms with Crippen LogP contribution in [0, 0.1) is 0 Å². The van der Waals surface area contributed by atoms with Gasteiger partial charge in [-0.25, -0.2) is 0 Å². The number of halogens is 1. The van der Waals surface area contributed by atoms with Crippen LogP contribution in [0.1, 0.15) is 12.8 Å². The number of hydrogen-bond donors (Lipinski definition) is 2. The lowest BCUT2D eigenvalue weighted by atomic mass is 10.0. The van der Waals surface area contributed by atoms with E-state index in [1.165, 1.54) is 0 Å². The van der Waals surface area contributed by atoms with Crippen LogP contribution in [0.4, 0.5) is 5.69 Å². The monoisotopic (exact) mass is 334 g/mol. The van der Waals surface area contributed by atoms with E-state index in [2.05, 4.69) is 15.3 Å². The van der Waals surface area contributed by atoms with E-state index >= 15 is 0 Å². The Morgan fingerprint density at radius 2 is 2.00 bits per heavy atom. The lowest BCUT2D eigenvalue weighted by molar-refractivity contribution is 0.0838. The zero-order valence-electron chi connectivity index (χ0n) is 13.1. The highest BCUT2D eigenvalue weighted by Gasteiger charge is 2.21. The summed E-state index contributed by atoms with van der Waals surface area (Å²) >= 11 is 6.19. The Labute approximate surface area is 141 Å². The van der Waals surface area contributed by atoms with Crippen molar-refractivity contribution in [3.8, 4) is 0 Å². The number of aliphatic hydroxyl groups is 1. The Kier molecular flexibility index (Phi) is 5.54. The summed E-state index contributed by atoms with van der Waals surface area (Å²) < 4.78 is 1.77. The molecule has 0 bridgehead atoms. The molecule has 1 aromatic carbocycles. The maximum Gasteiger partial charge on any atom is 0.0862 e. The summed E-state index contributed by atoms with van der Waals surface area (Å²) in [6.45, 7) is 3.21. The second kappa shape index (κ2) is 7.81. The molecule has 0 spiro atoms. The third kappa shape index (κ3) is 4.70. The Bertz CT molecular complexity index is 596. The van der Waals surface area contributed by atoms with Gasteiger partial charge in [0.25, 0.3) is 0 Å². The fraction of sp³-hybridized carbons (Fsp3) is 0.471. The summed E-state index contributed by atoms with van der Waals surface area (Å²) in [5.41, 5.74) is 1.01. The van der Waals surface area contributed by atoms with Crippen LogP contribution in [-0.4, -0.2) is 51.6 Å². The van der Waals surface area contributed by atoms with Crippen LogP contribution in [-0.2, 0) is 6.54 Å². The van der Waals surface area contributed by atoms with Crippen LogP contribution in [0.25, 0.3) is 0 Å². The number of likely N-dealkylation sites (tertiary alicyclic amines) is 1. The Morgan fingerprint density at radius 1 is 1.22 bits per heavy atom. The second-order valence-electron chi connectivity index (χ2n) is 6.08. The molecule has 0 amide bonds. The molecule has 1 aliphatic heterocycles. The summed E-state index contributed by atoms with van der Waals surface area (Å²) in [6.07, 6.45) is 5.34. The minimum Gasteiger partial charge on any atom is -0.390 e. The van der Waals surface area contributed by atoms with Crippen molar-refractivity contribution in [2.45, 2.75) is 31.5 Å². The van der Waals surface area contributed by atoms with Crippen molar-refractivity contribution in [2.75, 3.05) is 25.0 Å². The van der Waals surface area contributed by atoms with E-state index in [9.17, 15) is 5.11 Å². The van der Waals surface area contributed by atoms with Crippen molar-refractivity contribution >= 4 is 17.3 Å². The van der Waals surface area contributed by atoms with Crippen LogP contribution in [0.3, 0.4) is 0 Å². The molecule has 1 atom stereocenters. The second-order valence-corrected chi connectivity index (χ2v) is 6.49. The summed E-state index contributed by atoms with van der Waals surface area (Å²) in [5, 5.41) is 18.6. The Morgan fingerprint density at radius 3 is 2.70 bits per heavy atom. The van der Waals surface area contributed by atoms with E-state index in [1.807, 2.05) is 36.5 Å². The van der Waals surface area contributed by atoms with E-state index in [0.29, 0.717) is 19.1 Å². The third-order valence-electron chi connectivity index (χ3n) is 4.25. The molecule has 2 N–H and O–H groups in total. The number of β-amino-alcohol motifs (C(OH)–C–C–N with tert-alkyl or cyclic N) is 1. The highest BCUT2D eigenvalue weighted by molar-refractivity contribution is 6.33. The van der Waals surface area contributed by atoms with Gasteiger partial charge in [-0.15, -0.1) is 0 Å². The first-order valence-electron chi connectivity index (χ1n) is 8.09. The highest BCUT2D eigenvalue weighted by atomic mass is 35.5. The lowest BCUT2D eigenvalue weighted by Gasteiger charge is -2.34. The molecule has 124 valence electrons. The van der Waals surface area contributed by atoms with Crippen molar-refractivity contribution in [2.24, 2.45) is 0 Å². The van der Waals surface area contributed by atoms with Gasteiger partial charge in [-0.3, -0.25) is 4.68 Å². The Balaban J connectivity index is 1.42. The molecule has 1 saturated heterocycles. The third-order valence-corrected chi connectivity index (χ3v) is 4.58. The predicted octanol–water partition coefficient (Wildman–Crippen LogP) is 2.47. The minimum absolute atomic E-state index is 0.386. The smallest absolute Gasteiger partial charge is 0.0862 e. The van der Waals surface area contributed by atoms with Gasteiger partial charge in [0.05, 0.1) is 23.4 Å². The first-order chi connectivity index (χ1) is 11.2. The molecule has 1 aliphatic rings. The van der Waals surface area contributed by atoms with Crippen LogP contribution in [0.15, 0.2) is 42.7 Å². The molecule has 5 nitrogen and oxygen atoms in total. The van der Waals surface area contributed by atoms with Crippen molar-refractivity contribution in [1.82, 2.24) is 14.7 Å². The molecule has 0 unspecified atom stereocenters. The molecular weight excluding hydrogens is 312 g/mol. The first-order valence-corrected chi connectivity index (χ1v) is 8.47. The number of benzene rings is 1. The van der Waals surface area contributed by atoms with E-state index < -0.39 is 0 Å². The van der Waals surface area contributed by atoms with E-state index in [-0.39, 0.29) is 6.10 Å². The normalized spacial score (nSPS) is 18.0. The average molecular weight is 335 g/mol. The first kappa shape index (κ1) is 16.3. The number of nitrogens with zero attached hydrogens (tertiary/aromatic N) is 3. The van der Waals surface area contributed by atoms with Gasteiger partial charge < -0.3 is 15.3 Å². The molecule has 2 heterocycles. The van der Waals surface area contributed by atoms with E-state index in [1.54, 1.807) is 10.9 Å². The zero-order valence-corrected chi connectivity index (χ0v) is 13.9. The number of piperidine rings is 1. The SMILES string of the molecule is O[C@H](CN1CCC(Nc2ccccc2Cl)CC1)Cn1cccn1. The molecule has 1 aromatic heterocycles. The molecule has 1 fully saturated rings. The molecule has 3 rings (SSSR count). The summed E-state index contributed by atoms with van der Waals surface area (Å²) in [5.74, 6) is 0. The van der Waals surface area contributed by atoms with Gasteiger partial charge in [0.1, 0.15) is 0 Å². The van der Waals surface area contributed by atoms with Crippen molar-refractivity contribution in [1.29, 1.82) is 0 Å². The summed E-state index contributed by atoms with van der Waals surface area (Å²) in [7, 11) is 0. The largest absolute Gasteiger partial charge is 0.390 e. The van der Waals surface area contributed by atoms with Crippen molar-refractivity contribution in [3.05, 3.63) is 47.7 Å². The van der Waals surface area contributed by atoms with Gasteiger partial charge in [-0.05, 0) is 31.0 Å². The van der Waals surface area contributed by atoms with Gasteiger partial charge in [0.15, 0.2) is 0 Å². The van der Waals surface area contributed by atoms with Gasteiger partial charge in [0.2, 0.25) is 0 Å². The van der Waals surface area contributed by atoms with Crippen LogP contribution >= 0.6 is 11.6 Å². The lowest BCUT2D eigenvalue weighted by Crippen LogP contribution is -2.43. The number of nitrogens with one attached hydrogen (secondary N) is 1. The molecule has 0 aliphatic carbocycles. The number of aliphatic hydroxyl groups excluding tert-OH is 1. The van der Waals surface area contributed by atoms with Gasteiger partial charge in [-0.1, -0.05) is 23.7 Å². The van der Waals surface area contributed by atoms with E-state index in [0.717, 1.165) is 36.6 Å². The van der Waals surface area contributed by atoms with Crippen LogP contribution in [0.2, 0.25) is 5.02 Å². The highest BCUT2D eigenvalue weighted by Crippen LogP contribution is 2.24. The predicted molar refractivity (Wildman–Crippen MR) is 92.8 cm³/mol. The number of anilines is 1. The van der Waals surface area contributed by atoms with Crippen LogP contribution in [0.5, 0.6) is 0 Å². The number of para-hydroxylation sites is 1. The maximum absolute atomic E-state index is 10.2. The van der Waals surface area contributed by atoms with Gasteiger partial charge >= 0.3 is 0 Å². The molecule has 6 heteroatoms. The molecular formula is C17H23ClN4O. The summed E-state index contributed by atoms with van der Waals surface area (Å²) in [4.78, 5) is 2.32. The van der Waals surface area contributed by atoms with E-state index in [4.69, 9.17) is 11.6 Å². The fourth-order valence-corrected chi connectivity index (χ4v) is 3.23. The fourth-order valence-electron chi connectivity index (χ4n) is 3.04. The zero-order chi connectivity index (χ0) is 16.1. The number of aromatic nitrogens is 2. The quantitative estimate of drug-likeness (QED) is 0.852. The van der Waals surface area contributed by atoms with Crippen LogP contribution < -0.4 is 5.32 Å². The summed E-state index contributed by atoms with van der Waals surface area (Å²) in [6, 6.07) is 10.2. The van der Waals surface area contributed by atoms with Gasteiger partial charge in [0, 0.05) is 38.1 Å². The van der Waals surface area contributed by atoms with Crippen molar-refractivity contribution in [3.63, 3.8) is 0 Å². The topological polar surface area (TPSA) is 53.3 Å².